The van der Waals surface area contributed by atoms with Gasteiger partial charge in [0, 0.05) is 9.52 Å². The molecule has 26 heavy (non-hydrogen) atoms. The normalized spacial score (nSPS) is 8.77. The molecule has 0 aliphatic rings. The van der Waals surface area contributed by atoms with Crippen molar-refractivity contribution in [2.75, 3.05) is 0 Å². The van der Waals surface area contributed by atoms with E-state index in [1.54, 1.807) is 0 Å². The first kappa shape index (κ1) is 28.4. The molecule has 0 aliphatic heterocycles. The van der Waals surface area contributed by atoms with E-state index in [0.29, 0.717) is 0 Å². The standard InChI is InChI=1S/2C10H9.C2H6Si.2HI.Zr/c2*1-8-6-9-4-2-3-5-10(9)7-8;1-3-2;;;/h2*2-7H,1H3;1-2H3;2*1H;/q2*-1;;;;+4/p-2. The summed E-state index contributed by atoms with van der Waals surface area (Å²) in [5.41, 5.74) is 2.70. The van der Waals surface area contributed by atoms with Crippen LogP contribution in [0.3, 0.4) is 0 Å². The predicted octanol–water partition coefficient (Wildman–Crippen LogP) is 0.527. The van der Waals surface area contributed by atoms with Crippen LogP contribution in [0.5, 0.6) is 0 Å². The first-order valence-electron chi connectivity index (χ1n) is 7.96. The summed E-state index contributed by atoms with van der Waals surface area (Å²) in [6.45, 7) is 8.56. The van der Waals surface area contributed by atoms with Crippen LogP contribution in [0.15, 0.2) is 72.8 Å². The Hall–Kier alpha value is 0.220. The molecule has 0 bridgehead atoms. The minimum atomic E-state index is 0. The fourth-order valence-corrected chi connectivity index (χ4v) is 2.61. The monoisotopic (exact) mass is 660 g/mol. The summed E-state index contributed by atoms with van der Waals surface area (Å²) in [5.74, 6) is 0. The Labute approximate surface area is 213 Å². The quantitative estimate of drug-likeness (QED) is 0.147. The Kier molecular flexibility index (Phi) is 16.6. The van der Waals surface area contributed by atoms with Crippen LogP contribution < -0.4 is 48.0 Å². The fraction of sp³-hybridized carbons (Fsp3) is 0.182. The van der Waals surface area contributed by atoms with Gasteiger partial charge in [-0.2, -0.15) is 12.1 Å². The number of benzene rings is 2. The topological polar surface area (TPSA) is 0 Å². The second-order valence-corrected chi connectivity index (χ2v) is 6.82. The first-order chi connectivity index (χ1) is 11.1. The van der Waals surface area contributed by atoms with Gasteiger partial charge in [0.25, 0.3) is 0 Å². The summed E-state index contributed by atoms with van der Waals surface area (Å²) in [7, 11) is 1.08. The zero-order chi connectivity index (χ0) is 16.7. The van der Waals surface area contributed by atoms with E-state index in [1.807, 2.05) is 0 Å². The van der Waals surface area contributed by atoms with Crippen molar-refractivity contribution in [1.29, 1.82) is 0 Å². The molecule has 4 aromatic carbocycles. The molecule has 0 heterocycles. The zero-order valence-electron chi connectivity index (χ0n) is 15.7. The summed E-state index contributed by atoms with van der Waals surface area (Å²) in [6, 6.07) is 25.7. The molecule has 0 unspecified atom stereocenters. The smallest absolute Gasteiger partial charge is 1.00 e. The molecule has 0 amide bonds. The average Bonchev–Trinajstić information content (AvgIpc) is 3.08. The molecule has 0 nitrogen and oxygen atoms in total. The van der Waals surface area contributed by atoms with Gasteiger partial charge in [-0.1, -0.05) is 39.1 Å². The Morgan fingerprint density at radius 1 is 0.654 bits per heavy atom. The second-order valence-electron chi connectivity index (χ2n) is 5.82. The molecule has 4 aromatic rings. The van der Waals surface area contributed by atoms with Gasteiger partial charge in [0.2, 0.25) is 0 Å². The number of hydrogen-bond donors (Lipinski definition) is 0. The van der Waals surface area contributed by atoms with Gasteiger partial charge >= 0.3 is 26.2 Å². The third-order valence-corrected chi connectivity index (χ3v) is 3.52. The maximum absolute atomic E-state index is 2.20. The SMILES string of the molecule is C[Si]C.Cc1cc2ccccc2[cH-]1.Cc1cc2ccccc2[cH-]1.[I-].[I-].[Zr+4]. The van der Waals surface area contributed by atoms with Gasteiger partial charge in [0.05, 0.1) is 0 Å². The Balaban J connectivity index is 0. The zero-order valence-corrected chi connectivity index (χ0v) is 23.5. The maximum Gasteiger partial charge on any atom is 4.00 e. The Bertz CT molecular complexity index is 726. The van der Waals surface area contributed by atoms with Gasteiger partial charge in [-0.05, 0) is 0 Å². The van der Waals surface area contributed by atoms with Crippen molar-refractivity contribution < 1.29 is 74.2 Å². The van der Waals surface area contributed by atoms with Crippen LogP contribution in [0.2, 0.25) is 13.1 Å². The van der Waals surface area contributed by atoms with Crippen molar-refractivity contribution >= 4 is 31.1 Å². The second kappa shape index (κ2) is 15.2. The number of hydrogen-bond acceptors (Lipinski definition) is 0. The van der Waals surface area contributed by atoms with Crippen molar-refractivity contribution in [3.05, 3.63) is 83.9 Å². The number of rotatable bonds is 0. The minimum Gasteiger partial charge on any atom is -1.00 e. The van der Waals surface area contributed by atoms with E-state index in [1.165, 1.54) is 32.7 Å². The van der Waals surface area contributed by atoms with Gasteiger partial charge in [0.1, 0.15) is 0 Å². The van der Waals surface area contributed by atoms with Crippen LogP contribution in [-0.2, 0) is 26.2 Å². The van der Waals surface area contributed by atoms with Gasteiger partial charge in [-0.15, -0.1) is 81.2 Å². The molecule has 0 fully saturated rings. The average molecular weight is 662 g/mol. The van der Waals surface area contributed by atoms with E-state index >= 15 is 0 Å². The van der Waals surface area contributed by atoms with Crippen LogP contribution in [0.25, 0.3) is 21.5 Å². The third-order valence-electron chi connectivity index (χ3n) is 3.52. The van der Waals surface area contributed by atoms with E-state index in [9.17, 15) is 0 Å². The van der Waals surface area contributed by atoms with Crippen molar-refractivity contribution in [3.8, 4) is 0 Å². The molecule has 0 N–H and O–H groups in total. The van der Waals surface area contributed by atoms with Crippen LogP contribution in [-0.4, -0.2) is 9.52 Å². The van der Waals surface area contributed by atoms with Crippen LogP contribution in [0.1, 0.15) is 11.1 Å². The molecule has 0 atom stereocenters. The molecule has 4 heteroatoms. The number of halogens is 2. The van der Waals surface area contributed by atoms with E-state index in [0.717, 1.165) is 9.52 Å². The van der Waals surface area contributed by atoms with Gasteiger partial charge in [0.15, 0.2) is 0 Å². The molecule has 0 aliphatic carbocycles. The molecule has 0 aromatic heterocycles. The third kappa shape index (κ3) is 8.94. The number of aryl methyl sites for hydroxylation is 2. The largest absolute Gasteiger partial charge is 4.00 e. The van der Waals surface area contributed by atoms with E-state index in [-0.39, 0.29) is 74.2 Å². The van der Waals surface area contributed by atoms with Gasteiger partial charge in [-0.3, -0.25) is 0 Å². The summed E-state index contributed by atoms with van der Waals surface area (Å²) in [5, 5.41) is 5.39. The van der Waals surface area contributed by atoms with Crippen molar-refractivity contribution in [3.63, 3.8) is 0 Å². The van der Waals surface area contributed by atoms with Gasteiger partial charge < -0.3 is 48.0 Å². The van der Waals surface area contributed by atoms with Crippen molar-refractivity contribution in [2.24, 2.45) is 0 Å². The molecule has 0 spiro atoms. The molecule has 0 saturated carbocycles. The molecule has 2 radical (unpaired) electrons. The van der Waals surface area contributed by atoms with E-state index in [2.05, 4.69) is 99.7 Å². The summed E-state index contributed by atoms with van der Waals surface area (Å²) >= 11 is 0. The summed E-state index contributed by atoms with van der Waals surface area (Å²) in [4.78, 5) is 0. The summed E-state index contributed by atoms with van der Waals surface area (Å²) in [6.07, 6.45) is 0. The van der Waals surface area contributed by atoms with Crippen molar-refractivity contribution in [1.82, 2.24) is 0 Å². The van der Waals surface area contributed by atoms with Crippen molar-refractivity contribution in [2.45, 2.75) is 26.9 Å². The minimum absolute atomic E-state index is 0. The molecular weight excluding hydrogens is 637 g/mol. The fourth-order valence-electron chi connectivity index (χ4n) is 2.61. The predicted molar refractivity (Wildman–Crippen MR) is 106 cm³/mol. The van der Waals surface area contributed by atoms with Crippen LogP contribution >= 0.6 is 0 Å². The molecular formula is C22H24I2SiZr. The summed E-state index contributed by atoms with van der Waals surface area (Å²) < 4.78 is 0. The molecule has 4 rings (SSSR count). The van der Waals surface area contributed by atoms with Crippen LogP contribution in [0, 0.1) is 13.8 Å². The number of fused-ring (bicyclic) bond motifs is 2. The van der Waals surface area contributed by atoms with E-state index < -0.39 is 0 Å². The maximum atomic E-state index is 2.20. The molecule has 0 saturated heterocycles. The Morgan fingerprint density at radius 3 is 1.27 bits per heavy atom. The van der Waals surface area contributed by atoms with E-state index in [4.69, 9.17) is 0 Å². The van der Waals surface area contributed by atoms with Gasteiger partial charge in [-0.25, -0.2) is 0 Å². The molecule has 134 valence electrons. The first-order valence-corrected chi connectivity index (χ1v) is 9.96. The Morgan fingerprint density at radius 2 is 0.962 bits per heavy atom. The van der Waals surface area contributed by atoms with Crippen LogP contribution in [0.4, 0.5) is 0 Å².